The number of aromatic nitrogens is 1. The molecule has 1 aliphatic rings. The molecular weight excluding hydrogens is 409 g/mol. The van der Waals surface area contributed by atoms with Crippen molar-refractivity contribution in [2.45, 2.75) is 31.1 Å². The van der Waals surface area contributed by atoms with Crippen LogP contribution in [0.2, 0.25) is 5.02 Å². The molecule has 3 N–H and O–H groups in total. The molecule has 0 radical (unpaired) electrons. The number of hydrogen-bond donors (Lipinski definition) is 2. The first-order chi connectivity index (χ1) is 13.6. The number of halogens is 4. The number of benzene rings is 1. The average Bonchev–Trinajstić information content (AvgIpc) is 3.11. The van der Waals surface area contributed by atoms with Crippen molar-refractivity contribution >= 4 is 28.9 Å². The van der Waals surface area contributed by atoms with Gasteiger partial charge in [0.05, 0.1) is 34.9 Å². The van der Waals surface area contributed by atoms with Gasteiger partial charge in [0.25, 0.3) is 0 Å². The van der Waals surface area contributed by atoms with Crippen LogP contribution in [0.5, 0.6) is 0 Å². The van der Waals surface area contributed by atoms with Crippen LogP contribution < -0.4 is 10.6 Å². The van der Waals surface area contributed by atoms with E-state index in [1.165, 1.54) is 18.3 Å². The Morgan fingerprint density at radius 1 is 1.34 bits per heavy atom. The molecule has 1 aromatic carbocycles. The van der Waals surface area contributed by atoms with E-state index in [9.17, 15) is 18.0 Å². The Bertz CT molecular complexity index is 884. The number of ether oxygens (including phenoxy) is 1. The third-order valence-electron chi connectivity index (χ3n) is 4.60. The highest BCUT2D eigenvalue weighted by Crippen LogP contribution is 2.37. The van der Waals surface area contributed by atoms with Crippen LogP contribution in [0.25, 0.3) is 5.73 Å². The number of rotatable bonds is 5. The zero-order chi connectivity index (χ0) is 21.2. The Morgan fingerprint density at radius 2 is 2.10 bits per heavy atom. The molecule has 0 spiro atoms. The van der Waals surface area contributed by atoms with Gasteiger partial charge in [-0.15, -0.1) is 0 Å². The number of anilines is 2. The van der Waals surface area contributed by atoms with Crippen molar-refractivity contribution < 1.29 is 22.7 Å². The summed E-state index contributed by atoms with van der Waals surface area (Å²) in [5.74, 6) is -0.442. The van der Waals surface area contributed by atoms with Gasteiger partial charge in [0.1, 0.15) is 0 Å². The normalized spacial score (nSPS) is 20.3. The maximum atomic E-state index is 13.2. The second-order valence-electron chi connectivity index (χ2n) is 6.86. The van der Waals surface area contributed by atoms with Crippen LogP contribution in [0.15, 0.2) is 36.5 Å². The van der Waals surface area contributed by atoms with Crippen LogP contribution in [0.3, 0.4) is 0 Å². The summed E-state index contributed by atoms with van der Waals surface area (Å²) in [6, 6.07) is 6.15. The lowest BCUT2D eigenvalue weighted by Gasteiger charge is -2.31. The monoisotopic (exact) mass is 427 g/mol. The molecule has 6 nitrogen and oxygen atoms in total. The molecule has 0 bridgehead atoms. The summed E-state index contributed by atoms with van der Waals surface area (Å²) in [6.07, 6.45) is -2.86. The maximum Gasteiger partial charge on any atom is 0.418 e. The van der Waals surface area contributed by atoms with Gasteiger partial charge < -0.3 is 21.1 Å². The lowest BCUT2D eigenvalue weighted by Crippen LogP contribution is -2.45. The topological polar surface area (TPSA) is 87.1 Å². The number of alkyl halides is 3. The lowest BCUT2D eigenvalue weighted by atomic mass is 9.98. The SMILES string of the molecule is CC(NC(=O)C1([NH-])CCOC1)c1ccc(Nc2ccc(Cl)cc2C(F)(F)F)cn1. The molecule has 1 aromatic heterocycles. The molecule has 2 atom stereocenters. The highest BCUT2D eigenvalue weighted by atomic mass is 35.5. The van der Waals surface area contributed by atoms with Crippen molar-refractivity contribution in [3.05, 3.63) is 58.5 Å². The molecule has 0 saturated carbocycles. The van der Waals surface area contributed by atoms with Gasteiger partial charge in [0, 0.05) is 18.2 Å². The molecule has 0 aliphatic carbocycles. The van der Waals surface area contributed by atoms with Gasteiger partial charge in [-0.25, -0.2) is 0 Å². The lowest BCUT2D eigenvalue weighted by molar-refractivity contribution is -0.137. The molecular formula is C19H19ClF3N4O2-. The largest absolute Gasteiger partial charge is 0.662 e. The third-order valence-corrected chi connectivity index (χ3v) is 4.84. The number of carbonyl (C=O) groups excluding carboxylic acids is 1. The van der Waals surface area contributed by atoms with Crippen molar-refractivity contribution in [3.63, 3.8) is 0 Å². The van der Waals surface area contributed by atoms with Gasteiger partial charge >= 0.3 is 6.18 Å². The van der Waals surface area contributed by atoms with Crippen LogP contribution in [0, 0.1) is 0 Å². The first-order valence-corrected chi connectivity index (χ1v) is 9.20. The van der Waals surface area contributed by atoms with Crippen molar-refractivity contribution in [2.75, 3.05) is 18.5 Å². The first-order valence-electron chi connectivity index (χ1n) is 8.82. The fourth-order valence-electron chi connectivity index (χ4n) is 2.90. The van der Waals surface area contributed by atoms with Gasteiger partial charge in [-0.1, -0.05) is 11.6 Å². The standard InChI is InChI=1S/C19H19ClF3N4O2/c1-11(26-17(28)18(24)6-7-29-10-18)15-5-3-13(9-25-15)27-16-4-2-12(20)8-14(16)19(21,22)23/h2-5,8-9,11,24,27H,6-7,10H2,1H3,(H,26,28)/q-1. The van der Waals surface area contributed by atoms with Crippen LogP contribution in [0.1, 0.15) is 30.6 Å². The minimum Gasteiger partial charge on any atom is -0.662 e. The third kappa shape index (κ3) is 4.98. The van der Waals surface area contributed by atoms with E-state index in [0.29, 0.717) is 24.4 Å². The van der Waals surface area contributed by atoms with Crippen LogP contribution >= 0.6 is 11.6 Å². The molecule has 10 heteroatoms. The molecule has 2 aromatic rings. The molecule has 29 heavy (non-hydrogen) atoms. The molecule has 3 rings (SSSR count). The molecule has 156 valence electrons. The summed E-state index contributed by atoms with van der Waals surface area (Å²) < 4.78 is 44.7. The molecule has 2 heterocycles. The molecule has 1 fully saturated rings. The summed E-state index contributed by atoms with van der Waals surface area (Å²) in [7, 11) is 0. The van der Waals surface area contributed by atoms with Crippen LogP contribution in [0.4, 0.5) is 24.5 Å². The van der Waals surface area contributed by atoms with E-state index in [1.54, 1.807) is 19.1 Å². The Labute approximate surface area is 170 Å². The average molecular weight is 428 g/mol. The fraction of sp³-hybridized carbons (Fsp3) is 0.368. The minimum atomic E-state index is -4.56. The van der Waals surface area contributed by atoms with Gasteiger partial charge in [0.2, 0.25) is 5.91 Å². The predicted octanol–water partition coefficient (Wildman–Crippen LogP) is 4.89. The van der Waals surface area contributed by atoms with Gasteiger partial charge in [0.15, 0.2) is 0 Å². The summed E-state index contributed by atoms with van der Waals surface area (Å²) in [6.45, 7) is 2.13. The molecule has 1 aliphatic heterocycles. The first kappa shape index (κ1) is 21.4. The summed E-state index contributed by atoms with van der Waals surface area (Å²) in [4.78, 5) is 16.5. The molecule has 2 unspecified atom stereocenters. The Balaban J connectivity index is 1.70. The summed E-state index contributed by atoms with van der Waals surface area (Å²) in [5, 5.41) is 5.41. The quantitative estimate of drug-likeness (QED) is 0.711. The van der Waals surface area contributed by atoms with E-state index in [2.05, 4.69) is 15.6 Å². The second kappa shape index (κ2) is 8.17. The maximum absolute atomic E-state index is 13.2. The van der Waals surface area contributed by atoms with E-state index < -0.39 is 29.2 Å². The van der Waals surface area contributed by atoms with E-state index in [4.69, 9.17) is 22.1 Å². The van der Waals surface area contributed by atoms with Crippen molar-refractivity contribution in [3.8, 4) is 0 Å². The minimum absolute atomic E-state index is 0.0132. The van der Waals surface area contributed by atoms with Crippen LogP contribution in [-0.4, -0.2) is 29.6 Å². The van der Waals surface area contributed by atoms with Gasteiger partial charge in [-0.3, -0.25) is 9.78 Å². The van der Waals surface area contributed by atoms with Crippen LogP contribution in [-0.2, 0) is 15.7 Å². The van der Waals surface area contributed by atoms with E-state index in [1.807, 2.05) is 0 Å². The number of nitrogens with zero attached hydrogens (tertiary/aromatic N) is 1. The number of amides is 1. The zero-order valence-corrected chi connectivity index (χ0v) is 16.2. The summed E-state index contributed by atoms with van der Waals surface area (Å²) >= 11 is 5.68. The highest BCUT2D eigenvalue weighted by Gasteiger charge is 2.34. The second-order valence-corrected chi connectivity index (χ2v) is 7.30. The van der Waals surface area contributed by atoms with Crippen molar-refractivity contribution in [1.29, 1.82) is 0 Å². The van der Waals surface area contributed by atoms with E-state index in [-0.39, 0.29) is 17.3 Å². The van der Waals surface area contributed by atoms with Crippen molar-refractivity contribution in [2.24, 2.45) is 0 Å². The van der Waals surface area contributed by atoms with E-state index in [0.717, 1.165) is 6.07 Å². The predicted molar refractivity (Wildman–Crippen MR) is 103 cm³/mol. The smallest absolute Gasteiger partial charge is 0.418 e. The van der Waals surface area contributed by atoms with E-state index >= 15 is 0 Å². The van der Waals surface area contributed by atoms with Gasteiger partial charge in [-0.2, -0.15) is 13.2 Å². The molecule has 1 amide bonds. The number of pyridine rings is 1. The Hall–Kier alpha value is -2.36. The zero-order valence-electron chi connectivity index (χ0n) is 15.4. The number of nitrogens with one attached hydrogen (secondary N) is 3. The number of hydrogen-bond acceptors (Lipinski definition) is 4. The van der Waals surface area contributed by atoms with Crippen molar-refractivity contribution in [1.82, 2.24) is 10.3 Å². The highest BCUT2D eigenvalue weighted by molar-refractivity contribution is 6.30. The summed E-state index contributed by atoms with van der Waals surface area (Å²) in [5.41, 5.74) is 6.65. The number of carbonyl (C=O) groups is 1. The molecule has 1 saturated heterocycles. The fourth-order valence-corrected chi connectivity index (χ4v) is 3.08. The Kier molecular flexibility index (Phi) is 6.02. The van der Waals surface area contributed by atoms with Gasteiger partial charge in [-0.05, 0) is 49.2 Å². The Morgan fingerprint density at radius 3 is 2.69 bits per heavy atom.